The van der Waals surface area contributed by atoms with Crippen molar-refractivity contribution in [2.24, 2.45) is 23.7 Å². The number of hydrogen-bond acceptors (Lipinski definition) is 3. The summed E-state index contributed by atoms with van der Waals surface area (Å²) >= 11 is 0. The van der Waals surface area contributed by atoms with Crippen molar-refractivity contribution in [1.29, 1.82) is 0 Å². The molecule has 0 atom stereocenters. The smallest absolute Gasteiger partial charge is 0.150 e. The van der Waals surface area contributed by atoms with E-state index in [1.807, 2.05) is 0 Å². The number of benzene rings is 1. The maximum Gasteiger partial charge on any atom is 0.150 e. The topological polar surface area (TPSA) is 27.7 Å². The molecule has 158 valence electrons. The third-order valence-electron chi connectivity index (χ3n) is 7.12. The van der Waals surface area contributed by atoms with Crippen molar-refractivity contribution in [3.05, 3.63) is 35.4 Å². The van der Waals surface area contributed by atoms with E-state index in [1.54, 1.807) is 7.11 Å². The van der Waals surface area contributed by atoms with E-state index >= 15 is 0 Å². The fourth-order valence-electron chi connectivity index (χ4n) is 5.21. The van der Waals surface area contributed by atoms with Gasteiger partial charge >= 0.3 is 0 Å². The van der Waals surface area contributed by atoms with Gasteiger partial charge in [0.1, 0.15) is 13.6 Å². The first kappa shape index (κ1) is 21.8. The number of hydrogen-bond donors (Lipinski definition) is 0. The zero-order chi connectivity index (χ0) is 19.6. The Morgan fingerprint density at radius 3 is 2.00 bits per heavy atom. The van der Waals surface area contributed by atoms with Crippen molar-refractivity contribution < 1.29 is 14.2 Å². The van der Waals surface area contributed by atoms with Crippen LogP contribution in [0.5, 0.6) is 0 Å². The third kappa shape index (κ3) is 7.17. The second-order valence-electron chi connectivity index (χ2n) is 9.23. The summed E-state index contributed by atoms with van der Waals surface area (Å²) in [6.45, 7) is 3.58. The predicted molar refractivity (Wildman–Crippen MR) is 114 cm³/mol. The van der Waals surface area contributed by atoms with Gasteiger partial charge in [0.25, 0.3) is 0 Å². The molecule has 0 saturated heterocycles. The lowest BCUT2D eigenvalue weighted by atomic mass is 9.69. The van der Waals surface area contributed by atoms with Gasteiger partial charge < -0.3 is 14.2 Å². The molecule has 0 bridgehead atoms. The minimum Gasteiger partial charge on any atom is -0.359 e. The van der Waals surface area contributed by atoms with Crippen molar-refractivity contribution in [2.45, 2.75) is 77.7 Å². The average Bonchev–Trinajstić information content (AvgIpc) is 2.74. The number of methoxy groups -OCH3 is 1. The first-order chi connectivity index (χ1) is 13.7. The zero-order valence-corrected chi connectivity index (χ0v) is 18.0. The predicted octanol–water partition coefficient (Wildman–Crippen LogP) is 6.35. The quantitative estimate of drug-likeness (QED) is 0.345. The lowest BCUT2D eigenvalue weighted by Crippen LogP contribution is -2.25. The molecule has 0 radical (unpaired) electrons. The summed E-state index contributed by atoms with van der Waals surface area (Å²) in [7, 11) is 1.61. The molecule has 0 amide bonds. The number of ether oxygens (including phenoxy) is 3. The molecular formula is C25H40O3. The third-order valence-corrected chi connectivity index (χ3v) is 7.12. The highest BCUT2D eigenvalue weighted by Crippen LogP contribution is 2.42. The van der Waals surface area contributed by atoms with E-state index in [4.69, 9.17) is 14.2 Å². The molecule has 3 rings (SSSR count). The highest BCUT2D eigenvalue weighted by molar-refractivity contribution is 5.22. The molecule has 2 aliphatic rings. The monoisotopic (exact) mass is 388 g/mol. The van der Waals surface area contributed by atoms with Crippen LogP contribution in [-0.4, -0.2) is 20.7 Å². The minimum absolute atomic E-state index is 0.276. The summed E-state index contributed by atoms with van der Waals surface area (Å²) in [5, 5.41) is 0. The van der Waals surface area contributed by atoms with E-state index in [-0.39, 0.29) is 13.6 Å². The molecule has 0 spiro atoms. The molecule has 2 aliphatic carbocycles. The Morgan fingerprint density at radius 2 is 1.36 bits per heavy atom. The van der Waals surface area contributed by atoms with Crippen LogP contribution in [0.15, 0.2) is 24.3 Å². The van der Waals surface area contributed by atoms with Gasteiger partial charge in [0, 0.05) is 7.11 Å². The van der Waals surface area contributed by atoms with E-state index < -0.39 is 0 Å². The molecule has 2 fully saturated rings. The largest absolute Gasteiger partial charge is 0.359 e. The first-order valence-corrected chi connectivity index (χ1v) is 11.5. The lowest BCUT2D eigenvalue weighted by Gasteiger charge is -2.37. The van der Waals surface area contributed by atoms with Gasteiger partial charge in [-0.3, -0.25) is 0 Å². The van der Waals surface area contributed by atoms with Crippen LogP contribution in [0.25, 0.3) is 0 Å². The molecule has 3 heteroatoms. The standard InChI is InChI=1S/C25H40O3/c1-20-3-13-24(14-4-20)25-15-11-22(12-16-25)6-5-21-7-9-23(10-8-21)17-27-19-28-18-26-2/h7-10,20,22,24-25H,3-6,11-19H2,1-2H3. The number of rotatable bonds is 10. The highest BCUT2D eigenvalue weighted by Gasteiger charge is 2.29. The maximum atomic E-state index is 5.48. The Labute approximate surface area is 172 Å². The van der Waals surface area contributed by atoms with Crippen molar-refractivity contribution >= 4 is 0 Å². The maximum absolute atomic E-state index is 5.48. The minimum atomic E-state index is 0.276. The van der Waals surface area contributed by atoms with Gasteiger partial charge in [0.05, 0.1) is 6.61 Å². The van der Waals surface area contributed by atoms with E-state index in [0.717, 1.165) is 23.7 Å². The Bertz CT molecular complexity index is 525. The van der Waals surface area contributed by atoms with Gasteiger partial charge in [-0.1, -0.05) is 56.9 Å². The van der Waals surface area contributed by atoms with E-state index in [1.165, 1.54) is 75.3 Å². The Balaban J connectivity index is 1.30. The second kappa shape index (κ2) is 11.9. The van der Waals surface area contributed by atoms with E-state index in [2.05, 4.69) is 31.2 Å². The Kier molecular flexibility index (Phi) is 9.30. The summed E-state index contributed by atoms with van der Waals surface area (Å²) in [5.74, 6) is 4.01. The van der Waals surface area contributed by atoms with Gasteiger partial charge in [-0.15, -0.1) is 0 Å². The van der Waals surface area contributed by atoms with E-state index in [0.29, 0.717) is 6.61 Å². The Hall–Kier alpha value is -0.900. The summed E-state index contributed by atoms with van der Waals surface area (Å²) in [6, 6.07) is 8.91. The SMILES string of the molecule is COCOCOCc1ccc(CCC2CCC(C3CCC(C)CC3)CC2)cc1. The van der Waals surface area contributed by atoms with Gasteiger partial charge in [-0.2, -0.15) is 0 Å². The average molecular weight is 389 g/mol. The van der Waals surface area contributed by atoms with Gasteiger partial charge in [0.2, 0.25) is 0 Å². The summed E-state index contributed by atoms with van der Waals surface area (Å²) < 4.78 is 15.4. The van der Waals surface area contributed by atoms with Crippen LogP contribution in [0.4, 0.5) is 0 Å². The second-order valence-corrected chi connectivity index (χ2v) is 9.23. The summed E-state index contributed by atoms with van der Waals surface area (Å²) in [6.07, 6.45) is 14.4. The summed E-state index contributed by atoms with van der Waals surface area (Å²) in [5.41, 5.74) is 2.66. The molecule has 0 N–H and O–H groups in total. The lowest BCUT2D eigenvalue weighted by molar-refractivity contribution is -0.124. The van der Waals surface area contributed by atoms with Crippen LogP contribution in [0.1, 0.15) is 75.8 Å². The molecule has 1 aromatic carbocycles. The van der Waals surface area contributed by atoms with Gasteiger partial charge in [-0.25, -0.2) is 0 Å². The van der Waals surface area contributed by atoms with E-state index in [9.17, 15) is 0 Å². The molecule has 1 aromatic rings. The van der Waals surface area contributed by atoms with Gasteiger partial charge in [0.15, 0.2) is 0 Å². The molecule has 0 aliphatic heterocycles. The summed E-state index contributed by atoms with van der Waals surface area (Å²) in [4.78, 5) is 0. The van der Waals surface area contributed by atoms with Crippen LogP contribution >= 0.6 is 0 Å². The molecule has 0 heterocycles. The molecule has 0 aromatic heterocycles. The van der Waals surface area contributed by atoms with Crippen LogP contribution in [-0.2, 0) is 27.2 Å². The Morgan fingerprint density at radius 1 is 0.750 bits per heavy atom. The highest BCUT2D eigenvalue weighted by atomic mass is 16.7. The van der Waals surface area contributed by atoms with Gasteiger partial charge in [-0.05, 0) is 73.3 Å². The van der Waals surface area contributed by atoms with Crippen LogP contribution in [0.3, 0.4) is 0 Å². The molecule has 2 saturated carbocycles. The fourth-order valence-corrected chi connectivity index (χ4v) is 5.21. The number of aryl methyl sites for hydroxylation is 1. The van der Waals surface area contributed by atoms with Crippen LogP contribution in [0, 0.1) is 23.7 Å². The first-order valence-electron chi connectivity index (χ1n) is 11.5. The molecule has 3 nitrogen and oxygen atoms in total. The van der Waals surface area contributed by atoms with Crippen molar-refractivity contribution in [2.75, 3.05) is 20.7 Å². The van der Waals surface area contributed by atoms with Crippen LogP contribution < -0.4 is 0 Å². The molecular weight excluding hydrogens is 348 g/mol. The molecule has 0 unspecified atom stereocenters. The van der Waals surface area contributed by atoms with Crippen molar-refractivity contribution in [3.63, 3.8) is 0 Å². The molecule has 28 heavy (non-hydrogen) atoms. The van der Waals surface area contributed by atoms with Crippen LogP contribution in [0.2, 0.25) is 0 Å². The fraction of sp³-hybridized carbons (Fsp3) is 0.760. The zero-order valence-electron chi connectivity index (χ0n) is 18.0. The van der Waals surface area contributed by atoms with Crippen molar-refractivity contribution in [3.8, 4) is 0 Å². The van der Waals surface area contributed by atoms with Crippen molar-refractivity contribution in [1.82, 2.24) is 0 Å². The normalized spacial score (nSPS) is 28.4.